The summed E-state index contributed by atoms with van der Waals surface area (Å²) in [5, 5.41) is 6.18. The number of aromatic nitrogens is 2. The molecule has 0 atom stereocenters. The Morgan fingerprint density at radius 1 is 0.926 bits per heavy atom. The van der Waals surface area contributed by atoms with Crippen molar-refractivity contribution in [2.45, 2.75) is 33.6 Å². The van der Waals surface area contributed by atoms with E-state index in [1.807, 2.05) is 50.2 Å². The second kappa shape index (κ2) is 7.99. The highest BCUT2D eigenvalue weighted by Gasteiger charge is 2.12. The van der Waals surface area contributed by atoms with E-state index in [2.05, 4.69) is 40.5 Å². The van der Waals surface area contributed by atoms with Crippen molar-refractivity contribution >= 4 is 23.2 Å². The van der Waals surface area contributed by atoms with Gasteiger partial charge < -0.3 is 10.6 Å². The molecule has 0 aliphatic carbocycles. The summed E-state index contributed by atoms with van der Waals surface area (Å²) in [6, 6.07) is 14.0. The lowest BCUT2D eigenvalue weighted by atomic mass is 10.0. The van der Waals surface area contributed by atoms with E-state index in [1.54, 1.807) is 0 Å². The molecule has 1 aromatic heterocycles. The van der Waals surface area contributed by atoms with E-state index in [-0.39, 0.29) is 5.91 Å². The summed E-state index contributed by atoms with van der Waals surface area (Å²) < 4.78 is 0. The van der Waals surface area contributed by atoms with Crippen molar-refractivity contribution in [1.82, 2.24) is 9.97 Å². The van der Waals surface area contributed by atoms with Crippen LogP contribution in [0, 0.1) is 13.8 Å². The highest BCUT2D eigenvalue weighted by molar-refractivity contribution is 6.04. The molecule has 0 fully saturated rings. The van der Waals surface area contributed by atoms with Crippen molar-refractivity contribution in [1.29, 1.82) is 0 Å². The van der Waals surface area contributed by atoms with Crippen LogP contribution in [0.4, 0.5) is 17.3 Å². The third kappa shape index (κ3) is 4.31. The first kappa shape index (κ1) is 18.6. The Hall–Kier alpha value is -3.21. The number of para-hydroxylation sites is 2. The highest BCUT2D eigenvalue weighted by Crippen LogP contribution is 2.25. The molecule has 5 heteroatoms. The monoisotopic (exact) mass is 360 g/mol. The number of nitrogens with one attached hydrogen (secondary N) is 2. The topological polar surface area (TPSA) is 66.9 Å². The molecule has 27 heavy (non-hydrogen) atoms. The van der Waals surface area contributed by atoms with E-state index in [1.165, 1.54) is 18.0 Å². The Morgan fingerprint density at radius 3 is 2.19 bits per heavy atom. The van der Waals surface area contributed by atoms with Crippen LogP contribution in [0.1, 0.15) is 46.8 Å². The number of nitrogens with zero attached hydrogens (tertiary/aromatic N) is 2. The van der Waals surface area contributed by atoms with Gasteiger partial charge in [-0.2, -0.15) is 0 Å². The molecular weight excluding hydrogens is 336 g/mol. The number of rotatable bonds is 5. The van der Waals surface area contributed by atoms with Gasteiger partial charge >= 0.3 is 0 Å². The maximum absolute atomic E-state index is 12.5. The summed E-state index contributed by atoms with van der Waals surface area (Å²) in [5.74, 6) is 0.629. The van der Waals surface area contributed by atoms with Gasteiger partial charge in [0.1, 0.15) is 0 Å². The van der Waals surface area contributed by atoms with Crippen molar-refractivity contribution in [3.8, 4) is 0 Å². The van der Waals surface area contributed by atoms with Crippen LogP contribution in [0.25, 0.3) is 0 Å². The van der Waals surface area contributed by atoms with Gasteiger partial charge in [0.25, 0.3) is 5.91 Å². The Labute approximate surface area is 159 Å². The fourth-order valence-electron chi connectivity index (χ4n) is 2.94. The Bertz CT molecular complexity index is 929. The molecule has 3 aromatic rings. The second-order valence-corrected chi connectivity index (χ2v) is 6.88. The van der Waals surface area contributed by atoms with Gasteiger partial charge in [0, 0.05) is 23.8 Å². The van der Waals surface area contributed by atoms with Crippen LogP contribution in [0.2, 0.25) is 0 Å². The molecule has 0 saturated heterocycles. The molecule has 0 aliphatic rings. The summed E-state index contributed by atoms with van der Waals surface area (Å²) in [6.45, 7) is 8.22. The van der Waals surface area contributed by atoms with Gasteiger partial charge in [-0.05, 0) is 42.5 Å². The smallest absolute Gasteiger partial charge is 0.258 e. The minimum Gasteiger partial charge on any atom is -0.324 e. The standard InChI is InChI=1S/C22H24N4O/c1-14(2)18-10-5-6-11-19(18)25-22-23-12-17(13-24-22)21(27)26-20-15(3)8-7-9-16(20)4/h5-14H,1-4H3,(H,26,27)(H,23,24,25). The number of carbonyl (C=O) groups excluding carboxylic acids is 1. The molecule has 0 aliphatic heterocycles. The fourth-order valence-corrected chi connectivity index (χ4v) is 2.94. The molecule has 0 bridgehead atoms. The minimum atomic E-state index is -0.221. The molecule has 5 nitrogen and oxygen atoms in total. The summed E-state index contributed by atoms with van der Waals surface area (Å²) in [5.41, 5.74) is 5.45. The maximum Gasteiger partial charge on any atom is 0.258 e. The first-order valence-electron chi connectivity index (χ1n) is 9.01. The average molecular weight is 360 g/mol. The van der Waals surface area contributed by atoms with E-state index in [0.29, 0.717) is 17.4 Å². The van der Waals surface area contributed by atoms with Gasteiger partial charge in [-0.15, -0.1) is 0 Å². The number of aryl methyl sites for hydroxylation is 2. The van der Waals surface area contributed by atoms with Gasteiger partial charge in [-0.1, -0.05) is 50.2 Å². The van der Waals surface area contributed by atoms with Crippen LogP contribution in [-0.4, -0.2) is 15.9 Å². The zero-order valence-corrected chi connectivity index (χ0v) is 16.1. The van der Waals surface area contributed by atoms with Crippen LogP contribution in [0.5, 0.6) is 0 Å². The van der Waals surface area contributed by atoms with Crippen molar-refractivity contribution in [2.75, 3.05) is 10.6 Å². The largest absolute Gasteiger partial charge is 0.324 e. The zero-order valence-electron chi connectivity index (χ0n) is 16.1. The highest BCUT2D eigenvalue weighted by atomic mass is 16.1. The predicted octanol–water partition coefficient (Wildman–Crippen LogP) is 5.21. The number of carbonyl (C=O) groups is 1. The molecular formula is C22H24N4O. The maximum atomic E-state index is 12.5. The van der Waals surface area contributed by atoms with Crippen LogP contribution >= 0.6 is 0 Å². The second-order valence-electron chi connectivity index (χ2n) is 6.88. The molecule has 1 amide bonds. The molecule has 0 saturated carbocycles. The van der Waals surface area contributed by atoms with Gasteiger partial charge in [-0.3, -0.25) is 4.79 Å². The van der Waals surface area contributed by atoms with Gasteiger partial charge in [0.2, 0.25) is 5.95 Å². The Balaban J connectivity index is 1.75. The SMILES string of the molecule is Cc1cccc(C)c1NC(=O)c1cnc(Nc2ccccc2C(C)C)nc1. The average Bonchev–Trinajstić information content (AvgIpc) is 2.65. The summed E-state index contributed by atoms with van der Waals surface area (Å²) in [6.07, 6.45) is 3.08. The van der Waals surface area contributed by atoms with Crippen molar-refractivity contribution < 1.29 is 4.79 Å². The number of hydrogen-bond acceptors (Lipinski definition) is 4. The number of benzene rings is 2. The van der Waals surface area contributed by atoms with E-state index in [4.69, 9.17) is 0 Å². The quantitative estimate of drug-likeness (QED) is 0.655. The number of amides is 1. The normalized spacial score (nSPS) is 10.7. The number of hydrogen-bond donors (Lipinski definition) is 2. The predicted molar refractivity (Wildman–Crippen MR) is 110 cm³/mol. The number of anilines is 3. The van der Waals surface area contributed by atoms with E-state index < -0.39 is 0 Å². The van der Waals surface area contributed by atoms with Crippen LogP contribution in [0.3, 0.4) is 0 Å². The summed E-state index contributed by atoms with van der Waals surface area (Å²) in [7, 11) is 0. The third-order valence-electron chi connectivity index (χ3n) is 4.46. The zero-order chi connectivity index (χ0) is 19.4. The van der Waals surface area contributed by atoms with Crippen LogP contribution in [-0.2, 0) is 0 Å². The van der Waals surface area contributed by atoms with E-state index in [9.17, 15) is 4.79 Å². The van der Waals surface area contributed by atoms with Gasteiger partial charge in [-0.25, -0.2) is 9.97 Å². The molecule has 0 radical (unpaired) electrons. The Kier molecular flexibility index (Phi) is 5.50. The van der Waals surface area contributed by atoms with Gasteiger partial charge in [0.05, 0.1) is 5.56 Å². The lowest BCUT2D eigenvalue weighted by molar-refractivity contribution is 0.102. The fraction of sp³-hybridized carbons (Fsp3) is 0.227. The first-order valence-corrected chi connectivity index (χ1v) is 9.01. The molecule has 0 spiro atoms. The molecule has 0 unspecified atom stereocenters. The molecule has 1 heterocycles. The van der Waals surface area contributed by atoms with Gasteiger partial charge in [0.15, 0.2) is 0 Å². The molecule has 138 valence electrons. The van der Waals surface area contributed by atoms with Crippen molar-refractivity contribution in [3.63, 3.8) is 0 Å². The summed E-state index contributed by atoms with van der Waals surface area (Å²) in [4.78, 5) is 21.1. The van der Waals surface area contributed by atoms with Crippen LogP contribution < -0.4 is 10.6 Å². The lowest BCUT2D eigenvalue weighted by Gasteiger charge is -2.14. The van der Waals surface area contributed by atoms with Crippen molar-refractivity contribution in [3.05, 3.63) is 77.1 Å². The Morgan fingerprint density at radius 2 is 1.56 bits per heavy atom. The lowest BCUT2D eigenvalue weighted by Crippen LogP contribution is -2.14. The van der Waals surface area contributed by atoms with Crippen LogP contribution in [0.15, 0.2) is 54.9 Å². The molecule has 3 rings (SSSR count). The molecule has 2 aromatic carbocycles. The summed E-state index contributed by atoms with van der Waals surface area (Å²) >= 11 is 0. The van der Waals surface area contributed by atoms with E-state index in [0.717, 1.165) is 22.5 Å². The first-order chi connectivity index (χ1) is 13.0. The minimum absolute atomic E-state index is 0.221. The third-order valence-corrected chi connectivity index (χ3v) is 4.46. The van der Waals surface area contributed by atoms with E-state index >= 15 is 0 Å². The van der Waals surface area contributed by atoms with Crippen molar-refractivity contribution in [2.24, 2.45) is 0 Å². The molecule has 2 N–H and O–H groups in total.